The third kappa shape index (κ3) is 6.53. The maximum Gasteiger partial charge on any atom is 0.229 e. The molecule has 0 spiro atoms. The van der Waals surface area contributed by atoms with Crippen LogP contribution in [0.2, 0.25) is 5.02 Å². The molecular weight excluding hydrogens is 312 g/mol. The van der Waals surface area contributed by atoms with Crippen LogP contribution in [-0.2, 0) is 22.6 Å². The van der Waals surface area contributed by atoms with Crippen LogP contribution in [0.3, 0.4) is 0 Å². The summed E-state index contributed by atoms with van der Waals surface area (Å²) in [6.45, 7) is 0.903. The standard InChI is InChI=1S/C18H19ClN2O2/c19-16-8-6-15(7-9-16)13-21-18(23)12-17(22)20-11-10-14-4-2-1-3-5-14/h1-9H,10-13H2,(H,20,22)(H,21,23). The van der Waals surface area contributed by atoms with Gasteiger partial charge in [0.2, 0.25) is 11.8 Å². The summed E-state index contributed by atoms with van der Waals surface area (Å²) >= 11 is 5.80. The van der Waals surface area contributed by atoms with E-state index in [1.54, 1.807) is 12.1 Å². The Labute approximate surface area is 140 Å². The average Bonchev–Trinajstić information content (AvgIpc) is 2.55. The van der Waals surface area contributed by atoms with Gasteiger partial charge in [-0.3, -0.25) is 9.59 Å². The van der Waals surface area contributed by atoms with E-state index in [1.807, 2.05) is 42.5 Å². The van der Waals surface area contributed by atoms with E-state index in [-0.39, 0.29) is 18.2 Å². The average molecular weight is 331 g/mol. The highest BCUT2D eigenvalue weighted by Gasteiger charge is 2.08. The first-order valence-corrected chi connectivity index (χ1v) is 7.83. The van der Waals surface area contributed by atoms with Crippen LogP contribution < -0.4 is 10.6 Å². The maximum absolute atomic E-state index is 11.7. The van der Waals surface area contributed by atoms with Crippen LogP contribution in [-0.4, -0.2) is 18.4 Å². The lowest BCUT2D eigenvalue weighted by Gasteiger charge is -2.07. The zero-order valence-electron chi connectivity index (χ0n) is 12.7. The molecular formula is C18H19ClN2O2. The predicted molar refractivity (Wildman–Crippen MR) is 91.1 cm³/mol. The Morgan fingerprint density at radius 2 is 1.48 bits per heavy atom. The van der Waals surface area contributed by atoms with E-state index in [4.69, 9.17) is 11.6 Å². The van der Waals surface area contributed by atoms with Gasteiger partial charge in [-0.2, -0.15) is 0 Å². The van der Waals surface area contributed by atoms with Crippen LogP contribution in [0.25, 0.3) is 0 Å². The molecule has 4 nitrogen and oxygen atoms in total. The Morgan fingerprint density at radius 3 is 2.17 bits per heavy atom. The molecule has 2 rings (SSSR count). The molecule has 0 fully saturated rings. The monoisotopic (exact) mass is 330 g/mol. The molecule has 0 aliphatic carbocycles. The number of halogens is 1. The van der Waals surface area contributed by atoms with Crippen molar-refractivity contribution in [2.75, 3.05) is 6.54 Å². The molecule has 23 heavy (non-hydrogen) atoms. The second kappa shape index (κ2) is 8.96. The number of rotatable bonds is 7. The van der Waals surface area contributed by atoms with E-state index in [0.29, 0.717) is 18.1 Å². The molecule has 2 aromatic carbocycles. The van der Waals surface area contributed by atoms with Crippen molar-refractivity contribution in [2.45, 2.75) is 19.4 Å². The first-order valence-electron chi connectivity index (χ1n) is 7.45. The van der Waals surface area contributed by atoms with E-state index < -0.39 is 0 Å². The quantitative estimate of drug-likeness (QED) is 0.767. The molecule has 0 radical (unpaired) electrons. The Balaban J connectivity index is 1.64. The SMILES string of the molecule is O=C(CC(=O)NCc1ccc(Cl)cc1)NCCc1ccccc1. The number of benzene rings is 2. The number of hydrogen-bond donors (Lipinski definition) is 2. The predicted octanol–water partition coefficient (Wildman–Crippen LogP) is 2.71. The van der Waals surface area contributed by atoms with Gasteiger partial charge in [-0.1, -0.05) is 54.1 Å². The van der Waals surface area contributed by atoms with Crippen molar-refractivity contribution in [3.8, 4) is 0 Å². The lowest BCUT2D eigenvalue weighted by Crippen LogP contribution is -2.32. The number of carbonyl (C=O) groups is 2. The van der Waals surface area contributed by atoms with Gasteiger partial charge in [0.05, 0.1) is 0 Å². The lowest BCUT2D eigenvalue weighted by atomic mass is 10.1. The van der Waals surface area contributed by atoms with Crippen molar-refractivity contribution in [2.24, 2.45) is 0 Å². The summed E-state index contributed by atoms with van der Waals surface area (Å²) < 4.78 is 0. The minimum absolute atomic E-state index is 0.164. The second-order valence-electron chi connectivity index (χ2n) is 5.17. The summed E-state index contributed by atoms with van der Waals surface area (Å²) in [5.41, 5.74) is 2.09. The second-order valence-corrected chi connectivity index (χ2v) is 5.60. The fraction of sp³-hybridized carbons (Fsp3) is 0.222. The first-order chi connectivity index (χ1) is 11.1. The number of hydrogen-bond acceptors (Lipinski definition) is 2. The van der Waals surface area contributed by atoms with Crippen molar-refractivity contribution in [3.63, 3.8) is 0 Å². The molecule has 2 N–H and O–H groups in total. The van der Waals surface area contributed by atoms with Gasteiger partial charge < -0.3 is 10.6 Å². The van der Waals surface area contributed by atoms with E-state index in [2.05, 4.69) is 10.6 Å². The van der Waals surface area contributed by atoms with Gasteiger partial charge in [-0.05, 0) is 29.7 Å². The summed E-state index contributed by atoms with van der Waals surface area (Å²) in [6, 6.07) is 17.1. The number of amides is 2. The Bertz CT molecular complexity index is 642. The van der Waals surface area contributed by atoms with E-state index in [9.17, 15) is 9.59 Å². The topological polar surface area (TPSA) is 58.2 Å². The van der Waals surface area contributed by atoms with Gasteiger partial charge in [-0.25, -0.2) is 0 Å². The normalized spacial score (nSPS) is 10.1. The highest BCUT2D eigenvalue weighted by Crippen LogP contribution is 2.09. The third-order valence-electron chi connectivity index (χ3n) is 3.30. The third-order valence-corrected chi connectivity index (χ3v) is 3.55. The molecule has 0 aliphatic heterocycles. The molecule has 0 aromatic heterocycles. The zero-order chi connectivity index (χ0) is 16.5. The molecule has 0 saturated carbocycles. The van der Waals surface area contributed by atoms with Crippen LogP contribution in [0.15, 0.2) is 54.6 Å². The molecule has 0 atom stereocenters. The molecule has 0 aliphatic rings. The smallest absolute Gasteiger partial charge is 0.229 e. The van der Waals surface area contributed by atoms with E-state index in [0.717, 1.165) is 17.5 Å². The van der Waals surface area contributed by atoms with Crippen molar-refractivity contribution in [3.05, 3.63) is 70.7 Å². The Morgan fingerprint density at radius 1 is 0.826 bits per heavy atom. The van der Waals surface area contributed by atoms with Gasteiger partial charge >= 0.3 is 0 Å². The summed E-state index contributed by atoms with van der Waals surface area (Å²) in [7, 11) is 0. The van der Waals surface area contributed by atoms with E-state index >= 15 is 0 Å². The minimum Gasteiger partial charge on any atom is -0.355 e. The van der Waals surface area contributed by atoms with Gasteiger partial charge in [0.1, 0.15) is 6.42 Å². The zero-order valence-corrected chi connectivity index (χ0v) is 13.5. The number of nitrogens with one attached hydrogen (secondary N) is 2. The van der Waals surface area contributed by atoms with Crippen LogP contribution >= 0.6 is 11.6 Å². The van der Waals surface area contributed by atoms with Crippen LogP contribution in [0.1, 0.15) is 17.5 Å². The molecule has 120 valence electrons. The first kappa shape index (κ1) is 17.0. The molecule has 5 heteroatoms. The van der Waals surface area contributed by atoms with Gasteiger partial charge in [0, 0.05) is 18.1 Å². The molecule has 0 heterocycles. The van der Waals surface area contributed by atoms with Crippen molar-refractivity contribution >= 4 is 23.4 Å². The summed E-state index contributed by atoms with van der Waals surface area (Å²) in [5, 5.41) is 6.12. The maximum atomic E-state index is 11.7. The summed E-state index contributed by atoms with van der Waals surface area (Å²) in [5.74, 6) is -0.563. The van der Waals surface area contributed by atoms with Crippen LogP contribution in [0.4, 0.5) is 0 Å². The Hall–Kier alpha value is -2.33. The highest BCUT2D eigenvalue weighted by molar-refractivity contribution is 6.30. The van der Waals surface area contributed by atoms with Gasteiger partial charge in [0.25, 0.3) is 0 Å². The summed E-state index contributed by atoms with van der Waals surface area (Å²) in [6.07, 6.45) is 0.585. The largest absolute Gasteiger partial charge is 0.355 e. The lowest BCUT2D eigenvalue weighted by molar-refractivity contribution is -0.129. The molecule has 0 saturated heterocycles. The van der Waals surface area contributed by atoms with Crippen molar-refractivity contribution < 1.29 is 9.59 Å². The van der Waals surface area contributed by atoms with Crippen molar-refractivity contribution in [1.29, 1.82) is 0 Å². The molecule has 0 unspecified atom stereocenters. The fourth-order valence-corrected chi connectivity index (χ4v) is 2.19. The summed E-state index contributed by atoms with van der Waals surface area (Å²) in [4.78, 5) is 23.4. The van der Waals surface area contributed by atoms with Gasteiger partial charge in [0.15, 0.2) is 0 Å². The van der Waals surface area contributed by atoms with E-state index in [1.165, 1.54) is 0 Å². The van der Waals surface area contributed by atoms with Crippen LogP contribution in [0.5, 0.6) is 0 Å². The van der Waals surface area contributed by atoms with Gasteiger partial charge in [-0.15, -0.1) is 0 Å². The molecule has 2 amide bonds. The Kier molecular flexibility index (Phi) is 6.63. The molecule has 2 aromatic rings. The molecule has 0 bridgehead atoms. The minimum atomic E-state index is -0.294. The van der Waals surface area contributed by atoms with Crippen molar-refractivity contribution in [1.82, 2.24) is 10.6 Å². The highest BCUT2D eigenvalue weighted by atomic mass is 35.5. The fourth-order valence-electron chi connectivity index (χ4n) is 2.06. The number of carbonyl (C=O) groups excluding carboxylic acids is 2. The van der Waals surface area contributed by atoms with Crippen LogP contribution in [0, 0.1) is 0 Å².